The summed E-state index contributed by atoms with van der Waals surface area (Å²) in [7, 11) is 1.93. The molecule has 1 aliphatic rings. The van der Waals surface area contributed by atoms with Crippen LogP contribution >= 0.6 is 0 Å². The highest BCUT2D eigenvalue weighted by molar-refractivity contribution is 5.91. The van der Waals surface area contributed by atoms with E-state index in [1.54, 1.807) is 6.21 Å². The lowest BCUT2D eigenvalue weighted by molar-refractivity contribution is -0.113. The van der Waals surface area contributed by atoms with Gasteiger partial charge in [-0.25, -0.2) is 0 Å². The lowest BCUT2D eigenvalue weighted by Crippen LogP contribution is -2.50. The third-order valence-corrected chi connectivity index (χ3v) is 1.98. The lowest BCUT2D eigenvalue weighted by atomic mass is 10.0. The van der Waals surface area contributed by atoms with Gasteiger partial charge in [0.05, 0.1) is 6.54 Å². The standard InChI is InChI=1S/C7H12N2O/c1-7(6-10)5-8-3-4-9(7)2/h5-6H,3-4H2,1-2H3. The van der Waals surface area contributed by atoms with E-state index in [4.69, 9.17) is 0 Å². The second kappa shape index (κ2) is 2.50. The van der Waals surface area contributed by atoms with Crippen LogP contribution in [0.1, 0.15) is 6.92 Å². The number of aliphatic imine (C=N–C) groups is 1. The zero-order valence-electron chi connectivity index (χ0n) is 6.37. The molecule has 0 saturated heterocycles. The van der Waals surface area contributed by atoms with Gasteiger partial charge in [-0.2, -0.15) is 0 Å². The molecule has 0 aromatic heterocycles. The van der Waals surface area contributed by atoms with Crippen LogP contribution in [0, 0.1) is 0 Å². The minimum absolute atomic E-state index is 0.460. The molecule has 0 radical (unpaired) electrons. The van der Waals surface area contributed by atoms with Crippen LogP contribution in [-0.2, 0) is 4.79 Å². The van der Waals surface area contributed by atoms with Crippen LogP contribution in [0.2, 0.25) is 0 Å². The maximum Gasteiger partial charge on any atom is 0.145 e. The average Bonchev–Trinajstić information content (AvgIpc) is 1.96. The Hall–Kier alpha value is -0.700. The van der Waals surface area contributed by atoms with E-state index in [1.807, 2.05) is 18.9 Å². The monoisotopic (exact) mass is 140 g/mol. The summed E-state index contributed by atoms with van der Waals surface area (Å²) < 4.78 is 0. The normalized spacial score (nSPS) is 34.2. The van der Waals surface area contributed by atoms with Crippen LogP contribution in [0.3, 0.4) is 0 Å². The predicted molar refractivity (Wildman–Crippen MR) is 40.5 cm³/mol. The molecule has 0 aliphatic carbocycles. The maximum atomic E-state index is 10.6. The largest absolute Gasteiger partial charge is 0.301 e. The first kappa shape index (κ1) is 7.41. The van der Waals surface area contributed by atoms with Gasteiger partial charge in [0.1, 0.15) is 11.8 Å². The fourth-order valence-electron chi connectivity index (χ4n) is 0.917. The van der Waals surface area contributed by atoms with Crippen molar-refractivity contribution in [2.45, 2.75) is 12.5 Å². The third kappa shape index (κ3) is 1.09. The molecule has 1 aliphatic heterocycles. The molecule has 1 heterocycles. The molecule has 0 fully saturated rings. The van der Waals surface area contributed by atoms with Crippen LogP contribution in [0.5, 0.6) is 0 Å². The number of carbonyl (C=O) groups excluding carboxylic acids is 1. The van der Waals surface area contributed by atoms with Crippen LogP contribution in [-0.4, -0.2) is 43.1 Å². The first-order valence-electron chi connectivity index (χ1n) is 3.37. The highest BCUT2D eigenvalue weighted by Gasteiger charge is 2.28. The molecule has 0 amide bonds. The molecule has 1 rings (SSSR count). The number of nitrogens with zero attached hydrogens (tertiary/aromatic N) is 2. The van der Waals surface area contributed by atoms with Crippen molar-refractivity contribution in [2.24, 2.45) is 4.99 Å². The lowest BCUT2D eigenvalue weighted by Gasteiger charge is -2.32. The van der Waals surface area contributed by atoms with Crippen molar-refractivity contribution in [1.82, 2.24) is 4.90 Å². The molecule has 1 atom stereocenters. The molecule has 3 heteroatoms. The van der Waals surface area contributed by atoms with Crippen molar-refractivity contribution < 1.29 is 4.79 Å². The molecule has 0 N–H and O–H groups in total. The van der Waals surface area contributed by atoms with E-state index in [-0.39, 0.29) is 0 Å². The van der Waals surface area contributed by atoms with Crippen molar-refractivity contribution in [2.75, 3.05) is 20.1 Å². The van der Waals surface area contributed by atoms with Gasteiger partial charge in [-0.1, -0.05) is 0 Å². The Kier molecular flexibility index (Phi) is 1.85. The summed E-state index contributed by atoms with van der Waals surface area (Å²) in [5.74, 6) is 0. The summed E-state index contributed by atoms with van der Waals surface area (Å²) in [5, 5.41) is 0. The van der Waals surface area contributed by atoms with Gasteiger partial charge in [-0.05, 0) is 14.0 Å². The summed E-state index contributed by atoms with van der Waals surface area (Å²) in [6.07, 6.45) is 2.64. The highest BCUT2D eigenvalue weighted by atomic mass is 16.1. The third-order valence-electron chi connectivity index (χ3n) is 1.98. The Morgan fingerprint density at radius 2 is 2.50 bits per heavy atom. The van der Waals surface area contributed by atoms with Crippen molar-refractivity contribution in [1.29, 1.82) is 0 Å². The van der Waals surface area contributed by atoms with Gasteiger partial charge in [0.2, 0.25) is 0 Å². The SMILES string of the molecule is CN1CCN=CC1(C)C=O. The topological polar surface area (TPSA) is 32.7 Å². The second-order valence-electron chi connectivity index (χ2n) is 2.80. The van der Waals surface area contributed by atoms with Gasteiger partial charge in [0.25, 0.3) is 0 Å². The number of rotatable bonds is 1. The van der Waals surface area contributed by atoms with E-state index in [0.29, 0.717) is 0 Å². The van der Waals surface area contributed by atoms with E-state index in [1.165, 1.54) is 0 Å². The van der Waals surface area contributed by atoms with Crippen LogP contribution < -0.4 is 0 Å². The summed E-state index contributed by atoms with van der Waals surface area (Å²) in [6.45, 7) is 3.54. The van der Waals surface area contributed by atoms with E-state index < -0.39 is 5.54 Å². The van der Waals surface area contributed by atoms with Crippen molar-refractivity contribution in [3.63, 3.8) is 0 Å². The molecular weight excluding hydrogens is 128 g/mol. The molecule has 0 saturated carbocycles. The molecule has 1 unspecified atom stereocenters. The zero-order chi connectivity index (χ0) is 7.61. The average molecular weight is 140 g/mol. The highest BCUT2D eigenvalue weighted by Crippen LogP contribution is 2.09. The van der Waals surface area contributed by atoms with Crippen molar-refractivity contribution >= 4 is 12.5 Å². The Labute approximate surface area is 60.7 Å². The van der Waals surface area contributed by atoms with E-state index >= 15 is 0 Å². The van der Waals surface area contributed by atoms with Gasteiger partial charge in [-0.15, -0.1) is 0 Å². The van der Waals surface area contributed by atoms with Gasteiger partial charge < -0.3 is 4.79 Å². The van der Waals surface area contributed by atoms with E-state index in [0.717, 1.165) is 19.4 Å². The van der Waals surface area contributed by atoms with Gasteiger partial charge in [0.15, 0.2) is 0 Å². The first-order chi connectivity index (χ1) is 4.69. The smallest absolute Gasteiger partial charge is 0.145 e. The Bertz CT molecular complexity index is 167. The van der Waals surface area contributed by atoms with Gasteiger partial charge in [-0.3, -0.25) is 9.89 Å². The number of aldehydes is 1. The zero-order valence-corrected chi connectivity index (χ0v) is 6.37. The van der Waals surface area contributed by atoms with Crippen LogP contribution in [0.15, 0.2) is 4.99 Å². The molecule has 0 bridgehead atoms. The Morgan fingerprint density at radius 3 is 2.90 bits per heavy atom. The van der Waals surface area contributed by atoms with Gasteiger partial charge >= 0.3 is 0 Å². The minimum Gasteiger partial charge on any atom is -0.301 e. The quantitative estimate of drug-likeness (QED) is 0.479. The number of hydrogen-bond donors (Lipinski definition) is 0. The molecule has 3 nitrogen and oxygen atoms in total. The molecule has 10 heavy (non-hydrogen) atoms. The maximum absolute atomic E-state index is 10.6. The summed E-state index contributed by atoms with van der Waals surface area (Å²) in [6, 6.07) is 0. The number of hydrogen-bond acceptors (Lipinski definition) is 3. The van der Waals surface area contributed by atoms with E-state index in [9.17, 15) is 4.79 Å². The Morgan fingerprint density at radius 1 is 1.80 bits per heavy atom. The molecule has 0 aromatic rings. The molecule has 0 spiro atoms. The van der Waals surface area contributed by atoms with Crippen LogP contribution in [0.4, 0.5) is 0 Å². The van der Waals surface area contributed by atoms with Gasteiger partial charge in [0, 0.05) is 12.8 Å². The fraction of sp³-hybridized carbons (Fsp3) is 0.714. The molecule has 0 aromatic carbocycles. The predicted octanol–water partition coefficient (Wildman–Crippen LogP) is -0.0398. The van der Waals surface area contributed by atoms with E-state index in [2.05, 4.69) is 4.99 Å². The van der Waals surface area contributed by atoms with Crippen molar-refractivity contribution in [3.05, 3.63) is 0 Å². The summed E-state index contributed by atoms with van der Waals surface area (Å²) in [5.41, 5.74) is -0.460. The Balaban J connectivity index is 2.80. The fourth-order valence-corrected chi connectivity index (χ4v) is 0.917. The van der Waals surface area contributed by atoms with Crippen molar-refractivity contribution in [3.8, 4) is 0 Å². The second-order valence-corrected chi connectivity index (χ2v) is 2.80. The van der Waals surface area contributed by atoms with Crippen LogP contribution in [0.25, 0.3) is 0 Å². The number of carbonyl (C=O) groups is 1. The number of likely N-dealkylation sites (N-methyl/N-ethyl adjacent to an activating group) is 1. The molecular formula is C7H12N2O. The first-order valence-corrected chi connectivity index (χ1v) is 3.37. The molecule has 56 valence electrons. The minimum atomic E-state index is -0.460. The summed E-state index contributed by atoms with van der Waals surface area (Å²) in [4.78, 5) is 16.6. The summed E-state index contributed by atoms with van der Waals surface area (Å²) >= 11 is 0.